The zero-order valence-electron chi connectivity index (χ0n) is 17.5. The molecule has 0 radical (unpaired) electrons. The molecular weight excluding hydrogens is 376 g/mol. The number of carbonyl (C=O) groups is 1. The zero-order valence-corrected chi connectivity index (χ0v) is 17.5. The van der Waals surface area contributed by atoms with Gasteiger partial charge in [0.15, 0.2) is 0 Å². The fraction of sp³-hybridized carbons (Fsp3) is 0.400. The first-order valence-corrected chi connectivity index (χ1v) is 10.8. The molecule has 3 aromatic rings. The molecule has 0 aliphatic heterocycles. The number of methoxy groups -OCH3 is 1. The van der Waals surface area contributed by atoms with Crippen LogP contribution >= 0.6 is 0 Å². The molecule has 5 heteroatoms. The summed E-state index contributed by atoms with van der Waals surface area (Å²) in [7, 11) is 1.70. The maximum atomic E-state index is 12.5. The van der Waals surface area contributed by atoms with Crippen molar-refractivity contribution in [2.45, 2.75) is 50.7 Å². The Balaban J connectivity index is 1.21. The average molecular weight is 405 g/mol. The van der Waals surface area contributed by atoms with Crippen LogP contribution < -0.4 is 10.1 Å². The van der Waals surface area contributed by atoms with Crippen LogP contribution in [0.5, 0.6) is 5.75 Å². The molecular formula is C25H28N2O3. The van der Waals surface area contributed by atoms with Crippen molar-refractivity contribution in [3.63, 3.8) is 0 Å². The highest BCUT2D eigenvalue weighted by molar-refractivity contribution is 6.03. The molecule has 2 aromatic carbocycles. The Bertz CT molecular complexity index is 1040. The van der Waals surface area contributed by atoms with Crippen LogP contribution in [0.25, 0.3) is 10.9 Å². The minimum atomic E-state index is 0.0352. The molecule has 1 aromatic heterocycles. The normalized spacial score (nSPS) is 25.4. The number of nitrogens with one attached hydrogen (secondary N) is 2. The van der Waals surface area contributed by atoms with Gasteiger partial charge in [-0.1, -0.05) is 29.8 Å². The van der Waals surface area contributed by atoms with Crippen molar-refractivity contribution in [3.05, 3.63) is 59.8 Å². The number of carbonyl (C=O) groups excluding carboxylic acids is 1. The predicted molar refractivity (Wildman–Crippen MR) is 118 cm³/mol. The number of anilines is 1. The number of aromatic nitrogens is 1. The largest absolute Gasteiger partial charge is 0.490 e. The number of amides is 1. The van der Waals surface area contributed by atoms with Crippen LogP contribution in [0.15, 0.2) is 48.7 Å². The molecule has 0 spiro atoms. The minimum Gasteiger partial charge on any atom is -0.490 e. The molecule has 156 valence electrons. The summed E-state index contributed by atoms with van der Waals surface area (Å²) in [5.74, 6) is 1.54. The lowest BCUT2D eigenvalue weighted by Crippen LogP contribution is -2.38. The van der Waals surface area contributed by atoms with Crippen molar-refractivity contribution in [2.24, 2.45) is 5.92 Å². The van der Waals surface area contributed by atoms with Gasteiger partial charge in [0, 0.05) is 30.1 Å². The van der Waals surface area contributed by atoms with Gasteiger partial charge < -0.3 is 19.8 Å². The van der Waals surface area contributed by atoms with E-state index in [-0.39, 0.29) is 24.0 Å². The highest BCUT2D eigenvalue weighted by atomic mass is 16.5. The van der Waals surface area contributed by atoms with E-state index >= 15 is 0 Å². The van der Waals surface area contributed by atoms with Crippen molar-refractivity contribution in [3.8, 4) is 5.75 Å². The molecule has 0 saturated heterocycles. The lowest BCUT2D eigenvalue weighted by molar-refractivity contribution is -0.127. The quantitative estimate of drug-likeness (QED) is 0.596. The Hall–Kier alpha value is -2.79. The molecule has 2 aliphatic carbocycles. The van der Waals surface area contributed by atoms with Gasteiger partial charge >= 0.3 is 0 Å². The second-order valence-electron chi connectivity index (χ2n) is 8.74. The molecule has 2 N–H and O–H groups in total. The van der Waals surface area contributed by atoms with E-state index in [4.69, 9.17) is 9.47 Å². The van der Waals surface area contributed by atoms with Gasteiger partial charge in [0.2, 0.25) is 5.91 Å². The monoisotopic (exact) mass is 404 g/mol. The van der Waals surface area contributed by atoms with E-state index in [9.17, 15) is 4.79 Å². The Kier molecular flexibility index (Phi) is 4.99. The number of rotatable bonds is 6. The molecule has 30 heavy (non-hydrogen) atoms. The fourth-order valence-electron chi connectivity index (χ4n) is 4.45. The average Bonchev–Trinajstić information content (AvgIpc) is 3.06. The molecule has 1 heterocycles. The molecule has 0 atom stereocenters. The highest BCUT2D eigenvalue weighted by Gasteiger charge is 2.35. The maximum Gasteiger partial charge on any atom is 0.227 e. The van der Waals surface area contributed by atoms with Gasteiger partial charge in [-0.2, -0.15) is 0 Å². The van der Waals surface area contributed by atoms with Gasteiger partial charge in [-0.05, 0) is 62.3 Å². The van der Waals surface area contributed by atoms with Crippen LogP contribution in [0, 0.1) is 12.8 Å². The summed E-state index contributed by atoms with van der Waals surface area (Å²) < 4.78 is 11.5. The van der Waals surface area contributed by atoms with E-state index in [1.54, 1.807) is 7.11 Å². The van der Waals surface area contributed by atoms with E-state index in [0.29, 0.717) is 5.92 Å². The lowest BCUT2D eigenvalue weighted by atomic mass is 9.77. The number of fused-ring (bicyclic) bond motifs is 1. The summed E-state index contributed by atoms with van der Waals surface area (Å²) in [5.41, 5.74) is 4.50. The summed E-state index contributed by atoms with van der Waals surface area (Å²) in [6.45, 7) is 2.12. The highest BCUT2D eigenvalue weighted by Crippen LogP contribution is 2.40. The summed E-state index contributed by atoms with van der Waals surface area (Å²) in [5, 5.41) is 4.06. The SMILES string of the molecule is CO[C@H]1C[C@H](C(=O)Nc2c[nH]c3ccc(O[C@H]4C[C@H](c5ccc(C)cc5)C4)cc23)C1. The second-order valence-corrected chi connectivity index (χ2v) is 8.74. The fourth-order valence-corrected chi connectivity index (χ4v) is 4.45. The number of hydrogen-bond donors (Lipinski definition) is 2. The molecule has 0 unspecified atom stereocenters. The standard InChI is InChI=1S/C25H28N2O3/c1-15-3-5-16(6-4-15)17-9-21(10-17)30-19-7-8-23-22(13-19)24(14-26-23)27-25(28)18-11-20(12-18)29-2/h3-8,13-14,17-18,20-21,26H,9-12H2,1-2H3,(H,27,28)/t17-,18-,20-,21-. The third-order valence-electron chi connectivity index (χ3n) is 6.66. The smallest absolute Gasteiger partial charge is 0.227 e. The Morgan fingerprint density at radius 1 is 1.03 bits per heavy atom. The van der Waals surface area contributed by atoms with Crippen LogP contribution in [0.2, 0.25) is 0 Å². The molecule has 2 fully saturated rings. The van der Waals surface area contributed by atoms with Crippen LogP contribution in [-0.2, 0) is 9.53 Å². The molecule has 5 rings (SSSR count). The predicted octanol–water partition coefficient (Wildman–Crippen LogP) is 5.16. The summed E-state index contributed by atoms with van der Waals surface area (Å²) >= 11 is 0. The van der Waals surface area contributed by atoms with Crippen molar-refractivity contribution in [2.75, 3.05) is 12.4 Å². The Morgan fingerprint density at radius 2 is 1.80 bits per heavy atom. The first-order chi connectivity index (χ1) is 14.6. The van der Waals surface area contributed by atoms with Gasteiger partial charge in [0.1, 0.15) is 5.75 Å². The third-order valence-corrected chi connectivity index (χ3v) is 6.66. The topological polar surface area (TPSA) is 63.3 Å². The zero-order chi connectivity index (χ0) is 20.7. The number of H-pyrrole nitrogens is 1. The molecule has 1 amide bonds. The van der Waals surface area contributed by atoms with Crippen LogP contribution in [0.3, 0.4) is 0 Å². The van der Waals surface area contributed by atoms with E-state index in [1.165, 1.54) is 11.1 Å². The van der Waals surface area contributed by atoms with Crippen LogP contribution in [0.4, 0.5) is 5.69 Å². The first-order valence-electron chi connectivity index (χ1n) is 10.8. The van der Waals surface area contributed by atoms with Crippen molar-refractivity contribution >= 4 is 22.5 Å². The lowest BCUT2D eigenvalue weighted by Gasteiger charge is -2.35. The van der Waals surface area contributed by atoms with Gasteiger partial charge in [-0.3, -0.25) is 4.79 Å². The number of aryl methyl sites for hydroxylation is 1. The van der Waals surface area contributed by atoms with Gasteiger partial charge in [-0.15, -0.1) is 0 Å². The van der Waals surface area contributed by atoms with E-state index in [2.05, 4.69) is 41.5 Å². The van der Waals surface area contributed by atoms with Gasteiger partial charge in [0.05, 0.1) is 17.9 Å². The molecule has 0 bridgehead atoms. The van der Waals surface area contributed by atoms with Gasteiger partial charge in [0.25, 0.3) is 0 Å². The Labute approximate surface area is 176 Å². The minimum absolute atomic E-state index is 0.0352. The van der Waals surface area contributed by atoms with Crippen LogP contribution in [0.1, 0.15) is 42.7 Å². The number of ether oxygens (including phenoxy) is 2. The van der Waals surface area contributed by atoms with Gasteiger partial charge in [-0.25, -0.2) is 0 Å². The summed E-state index contributed by atoms with van der Waals surface area (Å²) in [4.78, 5) is 15.7. The summed E-state index contributed by atoms with van der Waals surface area (Å²) in [6, 6.07) is 14.9. The molecule has 5 nitrogen and oxygen atoms in total. The summed E-state index contributed by atoms with van der Waals surface area (Å²) in [6.07, 6.45) is 5.99. The first kappa shape index (κ1) is 19.2. The number of hydrogen-bond acceptors (Lipinski definition) is 3. The van der Waals surface area contributed by atoms with Crippen molar-refractivity contribution in [1.29, 1.82) is 0 Å². The number of benzene rings is 2. The maximum absolute atomic E-state index is 12.5. The van der Waals surface area contributed by atoms with Crippen molar-refractivity contribution < 1.29 is 14.3 Å². The van der Waals surface area contributed by atoms with E-state index in [0.717, 1.165) is 48.0 Å². The van der Waals surface area contributed by atoms with Crippen molar-refractivity contribution in [1.82, 2.24) is 4.98 Å². The van der Waals surface area contributed by atoms with E-state index < -0.39 is 0 Å². The Morgan fingerprint density at radius 3 is 2.53 bits per heavy atom. The third kappa shape index (κ3) is 3.70. The molecule has 2 saturated carbocycles. The second kappa shape index (κ2) is 7.80. The number of aromatic amines is 1. The van der Waals surface area contributed by atoms with Crippen LogP contribution in [-0.4, -0.2) is 30.2 Å². The molecule has 2 aliphatic rings. The van der Waals surface area contributed by atoms with E-state index in [1.807, 2.05) is 24.4 Å².